The Labute approximate surface area is 116 Å². The lowest BCUT2D eigenvalue weighted by atomic mass is 9.69. The van der Waals surface area contributed by atoms with Crippen molar-refractivity contribution in [3.63, 3.8) is 0 Å². The minimum absolute atomic E-state index is 0.100. The Morgan fingerprint density at radius 2 is 2.16 bits per heavy atom. The van der Waals surface area contributed by atoms with Gasteiger partial charge in [-0.15, -0.1) is 0 Å². The van der Waals surface area contributed by atoms with Gasteiger partial charge in [0.1, 0.15) is 0 Å². The molecule has 0 aromatic rings. The molecule has 0 radical (unpaired) electrons. The second-order valence-corrected chi connectivity index (χ2v) is 6.80. The average molecular weight is 269 g/mol. The zero-order chi connectivity index (χ0) is 13.9. The second kappa shape index (κ2) is 5.80. The van der Waals surface area contributed by atoms with Crippen molar-refractivity contribution in [2.45, 2.75) is 51.6 Å². The van der Waals surface area contributed by atoms with Gasteiger partial charge in [-0.2, -0.15) is 0 Å². The van der Waals surface area contributed by atoms with Crippen LogP contribution in [0.15, 0.2) is 0 Å². The lowest BCUT2D eigenvalue weighted by molar-refractivity contribution is -0.136. The van der Waals surface area contributed by atoms with E-state index in [9.17, 15) is 4.79 Å². The van der Waals surface area contributed by atoms with Gasteiger partial charge in [0.25, 0.3) is 0 Å². The molecule has 1 heterocycles. The SMILES string of the molecule is COCC1(CNC(=O)[C@H]2CCOC(C)(C)C2)CCC1. The van der Waals surface area contributed by atoms with Crippen LogP contribution in [0.1, 0.15) is 46.0 Å². The van der Waals surface area contributed by atoms with Crippen molar-refractivity contribution >= 4 is 5.91 Å². The number of ether oxygens (including phenoxy) is 2. The molecule has 19 heavy (non-hydrogen) atoms. The first-order chi connectivity index (χ1) is 8.96. The number of hydrogen-bond donors (Lipinski definition) is 1. The largest absolute Gasteiger partial charge is 0.384 e. The van der Waals surface area contributed by atoms with E-state index in [1.165, 1.54) is 19.3 Å². The standard InChI is InChI=1S/C15H27NO3/c1-14(2)9-12(5-8-19-14)13(17)16-10-15(11-18-3)6-4-7-15/h12H,4-11H2,1-3H3,(H,16,17)/t12-/m0/s1. The van der Waals surface area contributed by atoms with Crippen LogP contribution in [0.25, 0.3) is 0 Å². The van der Waals surface area contributed by atoms with E-state index in [0.717, 1.165) is 26.0 Å². The monoisotopic (exact) mass is 269 g/mol. The van der Waals surface area contributed by atoms with Crippen LogP contribution in [-0.4, -0.2) is 38.4 Å². The van der Waals surface area contributed by atoms with Crippen LogP contribution >= 0.6 is 0 Å². The average Bonchev–Trinajstić information content (AvgIpc) is 2.30. The van der Waals surface area contributed by atoms with Gasteiger partial charge in [0.2, 0.25) is 5.91 Å². The maximum absolute atomic E-state index is 12.3. The first kappa shape index (κ1) is 14.8. The van der Waals surface area contributed by atoms with Crippen LogP contribution in [0.2, 0.25) is 0 Å². The van der Waals surface area contributed by atoms with E-state index in [1.54, 1.807) is 7.11 Å². The Balaban J connectivity index is 1.80. The molecule has 1 saturated carbocycles. The Morgan fingerprint density at radius 3 is 2.68 bits per heavy atom. The number of rotatable bonds is 5. The van der Waals surface area contributed by atoms with Crippen LogP contribution in [0.3, 0.4) is 0 Å². The zero-order valence-electron chi connectivity index (χ0n) is 12.5. The minimum atomic E-state index is -0.166. The number of carbonyl (C=O) groups excluding carboxylic acids is 1. The third-order valence-electron chi connectivity index (χ3n) is 4.57. The van der Waals surface area contributed by atoms with Crippen LogP contribution < -0.4 is 5.32 Å². The summed E-state index contributed by atoms with van der Waals surface area (Å²) < 4.78 is 11.0. The van der Waals surface area contributed by atoms with Crippen LogP contribution in [0, 0.1) is 11.3 Å². The highest BCUT2D eigenvalue weighted by Gasteiger charge is 2.38. The second-order valence-electron chi connectivity index (χ2n) is 6.80. The summed E-state index contributed by atoms with van der Waals surface area (Å²) in [4.78, 5) is 12.3. The number of nitrogens with one attached hydrogen (secondary N) is 1. The number of amides is 1. The maximum atomic E-state index is 12.3. The molecule has 4 heteroatoms. The summed E-state index contributed by atoms with van der Waals surface area (Å²) in [5, 5.41) is 3.14. The summed E-state index contributed by atoms with van der Waals surface area (Å²) in [6.45, 7) is 6.33. The number of methoxy groups -OCH3 is 1. The van der Waals surface area contributed by atoms with Crippen LogP contribution in [-0.2, 0) is 14.3 Å². The zero-order valence-corrected chi connectivity index (χ0v) is 12.5. The molecule has 2 aliphatic rings. The molecule has 1 aliphatic carbocycles. The van der Waals surface area contributed by atoms with Crippen molar-refractivity contribution in [1.82, 2.24) is 5.32 Å². The highest BCUT2D eigenvalue weighted by Crippen LogP contribution is 2.40. The fourth-order valence-corrected chi connectivity index (χ4v) is 3.23. The van der Waals surface area contributed by atoms with Crippen LogP contribution in [0.5, 0.6) is 0 Å². The lowest BCUT2D eigenvalue weighted by Crippen LogP contribution is -2.48. The quantitative estimate of drug-likeness (QED) is 0.831. The predicted octanol–water partition coefficient (Wildman–Crippen LogP) is 2.12. The summed E-state index contributed by atoms with van der Waals surface area (Å²) in [6, 6.07) is 0. The summed E-state index contributed by atoms with van der Waals surface area (Å²) >= 11 is 0. The Kier molecular flexibility index (Phi) is 4.51. The van der Waals surface area contributed by atoms with E-state index in [1.807, 2.05) is 0 Å². The van der Waals surface area contributed by atoms with E-state index < -0.39 is 0 Å². The molecule has 1 saturated heterocycles. The molecular formula is C15H27NO3. The predicted molar refractivity (Wildman–Crippen MR) is 73.9 cm³/mol. The van der Waals surface area contributed by atoms with Gasteiger partial charge in [-0.25, -0.2) is 0 Å². The minimum Gasteiger partial charge on any atom is -0.384 e. The molecule has 0 unspecified atom stereocenters. The van der Waals surface area contributed by atoms with E-state index in [-0.39, 0.29) is 22.8 Å². The first-order valence-corrected chi connectivity index (χ1v) is 7.37. The molecule has 0 bridgehead atoms. The molecule has 4 nitrogen and oxygen atoms in total. The van der Waals surface area contributed by atoms with Crippen LogP contribution in [0.4, 0.5) is 0 Å². The van der Waals surface area contributed by atoms with E-state index in [2.05, 4.69) is 19.2 Å². The molecule has 2 rings (SSSR count). The molecule has 0 spiro atoms. The topological polar surface area (TPSA) is 47.6 Å². The van der Waals surface area contributed by atoms with Crippen molar-refractivity contribution in [1.29, 1.82) is 0 Å². The Morgan fingerprint density at radius 1 is 1.42 bits per heavy atom. The van der Waals surface area contributed by atoms with Gasteiger partial charge in [0.05, 0.1) is 12.2 Å². The molecular weight excluding hydrogens is 242 g/mol. The van der Waals surface area contributed by atoms with E-state index in [4.69, 9.17) is 9.47 Å². The molecule has 0 aromatic heterocycles. The van der Waals surface area contributed by atoms with Gasteiger partial charge >= 0.3 is 0 Å². The Bertz CT molecular complexity index is 323. The smallest absolute Gasteiger partial charge is 0.223 e. The van der Waals surface area contributed by atoms with Gasteiger partial charge in [0.15, 0.2) is 0 Å². The summed E-state index contributed by atoms with van der Waals surface area (Å²) in [7, 11) is 1.74. The summed E-state index contributed by atoms with van der Waals surface area (Å²) in [5.74, 6) is 0.294. The number of hydrogen-bond acceptors (Lipinski definition) is 3. The van der Waals surface area contributed by atoms with Crippen molar-refractivity contribution in [2.24, 2.45) is 11.3 Å². The Hall–Kier alpha value is -0.610. The van der Waals surface area contributed by atoms with Crippen molar-refractivity contribution in [2.75, 3.05) is 26.9 Å². The fourth-order valence-electron chi connectivity index (χ4n) is 3.23. The number of carbonyl (C=O) groups is 1. The molecule has 2 fully saturated rings. The van der Waals surface area contributed by atoms with Gasteiger partial charge in [-0.05, 0) is 39.5 Å². The van der Waals surface area contributed by atoms with Gasteiger partial charge in [0, 0.05) is 31.6 Å². The fraction of sp³-hybridized carbons (Fsp3) is 0.933. The van der Waals surface area contributed by atoms with E-state index in [0.29, 0.717) is 6.61 Å². The highest BCUT2D eigenvalue weighted by atomic mass is 16.5. The molecule has 1 N–H and O–H groups in total. The molecule has 110 valence electrons. The maximum Gasteiger partial charge on any atom is 0.223 e. The van der Waals surface area contributed by atoms with E-state index >= 15 is 0 Å². The normalized spacial score (nSPS) is 28.5. The molecule has 0 aromatic carbocycles. The molecule has 1 atom stereocenters. The van der Waals surface area contributed by atoms with Gasteiger partial charge in [-0.1, -0.05) is 6.42 Å². The summed E-state index contributed by atoms with van der Waals surface area (Å²) in [5.41, 5.74) is 0.0338. The van der Waals surface area contributed by atoms with Crippen molar-refractivity contribution in [3.8, 4) is 0 Å². The lowest BCUT2D eigenvalue weighted by Gasteiger charge is -2.42. The molecule has 1 amide bonds. The third kappa shape index (κ3) is 3.69. The summed E-state index contributed by atoms with van der Waals surface area (Å²) in [6.07, 6.45) is 5.24. The van der Waals surface area contributed by atoms with Gasteiger partial charge < -0.3 is 14.8 Å². The van der Waals surface area contributed by atoms with Crippen molar-refractivity contribution < 1.29 is 14.3 Å². The highest BCUT2D eigenvalue weighted by molar-refractivity contribution is 5.78. The molecule has 1 aliphatic heterocycles. The van der Waals surface area contributed by atoms with Crippen molar-refractivity contribution in [3.05, 3.63) is 0 Å². The first-order valence-electron chi connectivity index (χ1n) is 7.37. The third-order valence-corrected chi connectivity index (χ3v) is 4.57. The van der Waals surface area contributed by atoms with Gasteiger partial charge in [-0.3, -0.25) is 4.79 Å².